The minimum atomic E-state index is -0.581. The van der Waals surface area contributed by atoms with Crippen LogP contribution in [0, 0.1) is 13.8 Å². The summed E-state index contributed by atoms with van der Waals surface area (Å²) in [6.45, 7) is 7.23. The number of aliphatic imine (C=N–C) groups is 1. The number of carbonyl (C=O) groups excluding carboxylic acids is 2. The first-order valence-corrected chi connectivity index (χ1v) is 12.0. The van der Waals surface area contributed by atoms with Crippen LogP contribution in [0.5, 0.6) is 0 Å². The normalized spacial score (nSPS) is 11.3. The molecule has 0 aliphatic rings. The van der Waals surface area contributed by atoms with Crippen molar-refractivity contribution in [3.63, 3.8) is 0 Å². The number of H-pyrrole nitrogens is 1. The second-order valence-corrected chi connectivity index (χ2v) is 8.72. The number of ether oxygens (including phenoxy) is 2. The third-order valence-corrected chi connectivity index (χ3v) is 6.68. The van der Waals surface area contributed by atoms with Gasteiger partial charge < -0.3 is 9.47 Å². The molecule has 0 aliphatic carbocycles. The van der Waals surface area contributed by atoms with E-state index in [1.165, 1.54) is 10.9 Å². The van der Waals surface area contributed by atoms with Gasteiger partial charge in [0, 0.05) is 17.3 Å². The Kier molecular flexibility index (Phi) is 6.97. The highest BCUT2D eigenvalue weighted by Crippen LogP contribution is 2.36. The van der Waals surface area contributed by atoms with Crippen LogP contribution in [-0.4, -0.2) is 41.1 Å². The Hall–Kier alpha value is -3.98. The van der Waals surface area contributed by atoms with E-state index in [4.69, 9.17) is 9.47 Å². The van der Waals surface area contributed by atoms with Crippen molar-refractivity contribution in [2.75, 3.05) is 13.2 Å². The third kappa shape index (κ3) is 4.54. The Morgan fingerprint density at radius 1 is 1.03 bits per heavy atom. The van der Waals surface area contributed by atoms with E-state index in [-0.39, 0.29) is 34.2 Å². The maximum Gasteiger partial charge on any atom is 0.348 e. The zero-order valence-corrected chi connectivity index (χ0v) is 20.7. The summed E-state index contributed by atoms with van der Waals surface area (Å²) in [5.74, 6) is -1.11. The summed E-state index contributed by atoms with van der Waals surface area (Å²) in [5.41, 5.74) is 2.04. The molecule has 0 saturated heterocycles. The SMILES string of the molecule is CCOC(=O)c1sc(/N=C/c2c(C)[nH]n(-c3cccc4ccccc34)c2=O)c(C(=O)OCC)c1C. The first kappa shape index (κ1) is 24.2. The van der Waals surface area contributed by atoms with Crippen molar-refractivity contribution in [2.45, 2.75) is 27.7 Å². The number of aromatic amines is 1. The second kappa shape index (κ2) is 10.1. The fourth-order valence-electron chi connectivity index (χ4n) is 3.83. The van der Waals surface area contributed by atoms with E-state index in [2.05, 4.69) is 10.1 Å². The Labute approximate surface area is 205 Å². The average molecular weight is 492 g/mol. The molecule has 0 aliphatic heterocycles. The topological polar surface area (TPSA) is 103 Å². The Morgan fingerprint density at radius 2 is 1.71 bits per heavy atom. The van der Waals surface area contributed by atoms with Crippen molar-refractivity contribution in [3.05, 3.63) is 80.1 Å². The van der Waals surface area contributed by atoms with E-state index >= 15 is 0 Å². The van der Waals surface area contributed by atoms with Gasteiger partial charge in [0.2, 0.25) is 0 Å². The van der Waals surface area contributed by atoms with Crippen molar-refractivity contribution in [2.24, 2.45) is 4.99 Å². The largest absolute Gasteiger partial charge is 0.462 e. The van der Waals surface area contributed by atoms with Gasteiger partial charge in [-0.3, -0.25) is 9.89 Å². The molecule has 35 heavy (non-hydrogen) atoms. The van der Waals surface area contributed by atoms with Gasteiger partial charge in [-0.1, -0.05) is 36.4 Å². The van der Waals surface area contributed by atoms with E-state index in [0.717, 1.165) is 27.8 Å². The summed E-state index contributed by atoms with van der Waals surface area (Å²) in [6.07, 6.45) is 1.42. The van der Waals surface area contributed by atoms with E-state index < -0.39 is 11.9 Å². The number of rotatable bonds is 7. The number of hydrogen-bond donors (Lipinski definition) is 1. The van der Waals surface area contributed by atoms with Gasteiger partial charge in [0.15, 0.2) is 0 Å². The molecular weight excluding hydrogens is 466 g/mol. The number of nitrogens with zero attached hydrogens (tertiary/aromatic N) is 2. The van der Waals surface area contributed by atoms with Gasteiger partial charge in [0.05, 0.1) is 24.5 Å². The van der Waals surface area contributed by atoms with Gasteiger partial charge in [-0.15, -0.1) is 11.3 Å². The number of carbonyl (C=O) groups is 2. The predicted molar refractivity (Wildman–Crippen MR) is 137 cm³/mol. The Morgan fingerprint density at radius 3 is 2.46 bits per heavy atom. The van der Waals surface area contributed by atoms with Crippen molar-refractivity contribution >= 4 is 45.3 Å². The van der Waals surface area contributed by atoms with Crippen LogP contribution in [0.3, 0.4) is 0 Å². The van der Waals surface area contributed by atoms with Crippen LogP contribution in [0.2, 0.25) is 0 Å². The van der Waals surface area contributed by atoms with Crippen LogP contribution in [0.15, 0.2) is 52.3 Å². The number of esters is 2. The summed E-state index contributed by atoms with van der Waals surface area (Å²) >= 11 is 1.03. The first-order chi connectivity index (χ1) is 16.9. The summed E-state index contributed by atoms with van der Waals surface area (Å²) < 4.78 is 11.8. The zero-order valence-electron chi connectivity index (χ0n) is 19.9. The maximum atomic E-state index is 13.3. The lowest BCUT2D eigenvalue weighted by molar-refractivity contribution is 0.0527. The van der Waals surface area contributed by atoms with Gasteiger partial charge in [-0.2, -0.15) is 0 Å². The number of nitrogens with one attached hydrogen (secondary N) is 1. The number of fused-ring (bicyclic) bond motifs is 1. The maximum absolute atomic E-state index is 13.3. The number of aromatic nitrogens is 2. The molecule has 0 atom stereocenters. The minimum absolute atomic E-state index is 0.179. The molecule has 0 amide bonds. The Bertz CT molecular complexity index is 1500. The zero-order chi connectivity index (χ0) is 25.1. The van der Waals surface area contributed by atoms with Gasteiger partial charge in [-0.05, 0) is 44.7 Å². The van der Waals surface area contributed by atoms with Crippen LogP contribution < -0.4 is 5.56 Å². The average Bonchev–Trinajstić information content (AvgIpc) is 3.32. The molecule has 2 aromatic carbocycles. The molecule has 9 heteroatoms. The molecule has 1 N–H and O–H groups in total. The van der Waals surface area contributed by atoms with Crippen molar-refractivity contribution in [1.29, 1.82) is 0 Å². The molecule has 0 spiro atoms. The molecule has 0 radical (unpaired) electrons. The number of hydrogen-bond acceptors (Lipinski definition) is 7. The molecule has 8 nitrogen and oxygen atoms in total. The molecular formula is C26H25N3O5S. The smallest absolute Gasteiger partial charge is 0.348 e. The summed E-state index contributed by atoms with van der Waals surface area (Å²) in [6, 6.07) is 13.6. The fourth-order valence-corrected chi connectivity index (χ4v) is 4.87. The summed E-state index contributed by atoms with van der Waals surface area (Å²) in [7, 11) is 0. The highest BCUT2D eigenvalue weighted by atomic mass is 32.1. The number of aryl methyl sites for hydroxylation is 1. The third-order valence-electron chi connectivity index (χ3n) is 5.50. The van der Waals surface area contributed by atoms with Crippen LogP contribution in [-0.2, 0) is 9.47 Å². The highest BCUT2D eigenvalue weighted by molar-refractivity contribution is 7.18. The second-order valence-electron chi connectivity index (χ2n) is 7.72. The molecule has 4 aromatic rings. The first-order valence-electron chi connectivity index (χ1n) is 11.2. The number of thiophene rings is 1. The lowest BCUT2D eigenvalue weighted by Gasteiger charge is -2.06. The predicted octanol–water partition coefficient (Wildman–Crippen LogP) is 5.10. The summed E-state index contributed by atoms with van der Waals surface area (Å²) in [4.78, 5) is 43.1. The lowest BCUT2D eigenvalue weighted by Crippen LogP contribution is -2.17. The Balaban J connectivity index is 1.79. The molecule has 0 saturated carbocycles. The molecule has 0 unspecified atom stereocenters. The van der Waals surface area contributed by atoms with E-state index in [0.29, 0.717) is 16.8 Å². The lowest BCUT2D eigenvalue weighted by atomic mass is 10.1. The van der Waals surface area contributed by atoms with Crippen LogP contribution in [0.4, 0.5) is 5.00 Å². The molecule has 2 heterocycles. The van der Waals surface area contributed by atoms with E-state index in [1.54, 1.807) is 27.7 Å². The highest BCUT2D eigenvalue weighted by Gasteiger charge is 2.26. The molecule has 4 rings (SSSR count). The quantitative estimate of drug-likeness (QED) is 0.286. The minimum Gasteiger partial charge on any atom is -0.462 e. The molecule has 180 valence electrons. The van der Waals surface area contributed by atoms with Gasteiger partial charge in [0.1, 0.15) is 15.4 Å². The van der Waals surface area contributed by atoms with Crippen molar-refractivity contribution in [1.82, 2.24) is 9.78 Å². The molecule has 2 aromatic heterocycles. The van der Waals surface area contributed by atoms with E-state index in [9.17, 15) is 14.4 Å². The van der Waals surface area contributed by atoms with Crippen molar-refractivity contribution < 1.29 is 19.1 Å². The molecule has 0 fully saturated rings. The summed E-state index contributed by atoms with van der Waals surface area (Å²) in [5, 5.41) is 5.34. The standard InChI is InChI=1S/C26H25N3O5S/c1-5-33-25(31)21-15(3)22(26(32)34-6-2)35-23(21)27-14-19-16(4)28-29(24(19)30)20-13-9-11-17-10-7-8-12-18(17)20/h7-14,28H,5-6H2,1-4H3/b27-14+. The fraction of sp³-hybridized carbons (Fsp3) is 0.231. The monoisotopic (exact) mass is 491 g/mol. The van der Waals surface area contributed by atoms with Crippen molar-refractivity contribution in [3.8, 4) is 5.69 Å². The van der Waals surface area contributed by atoms with Gasteiger partial charge in [-0.25, -0.2) is 19.3 Å². The van der Waals surface area contributed by atoms with Gasteiger partial charge in [0.25, 0.3) is 5.56 Å². The van der Waals surface area contributed by atoms with Crippen LogP contribution in [0.25, 0.3) is 16.5 Å². The molecule has 0 bridgehead atoms. The van der Waals surface area contributed by atoms with E-state index in [1.807, 2.05) is 42.5 Å². The van der Waals surface area contributed by atoms with Crippen LogP contribution in [0.1, 0.15) is 50.7 Å². The number of benzene rings is 2. The van der Waals surface area contributed by atoms with Crippen LogP contribution >= 0.6 is 11.3 Å². The van der Waals surface area contributed by atoms with Gasteiger partial charge >= 0.3 is 11.9 Å².